The summed E-state index contributed by atoms with van der Waals surface area (Å²) in [7, 11) is 0. The van der Waals surface area contributed by atoms with E-state index in [0.29, 0.717) is 6.42 Å². The summed E-state index contributed by atoms with van der Waals surface area (Å²) in [6, 6.07) is -5.01. The van der Waals surface area contributed by atoms with Gasteiger partial charge in [-0.2, -0.15) is 0 Å². The molecule has 10 N–H and O–H groups in total. The SMILES string of the molecule is CC(C)CC(N)C(=O)NCC(=O)NC(C(=O)NC(C(=O)NCC(=O)NC(CCC(=O)O)C(=O)O)C(C)O)C(C)C. The summed E-state index contributed by atoms with van der Waals surface area (Å²) in [5, 5.41) is 39.2. The fraction of sp³-hybridized carbons (Fsp3) is 0.708. The van der Waals surface area contributed by atoms with Crippen molar-refractivity contribution in [3.63, 3.8) is 0 Å². The van der Waals surface area contributed by atoms with Crippen LogP contribution in [0.1, 0.15) is 53.9 Å². The summed E-state index contributed by atoms with van der Waals surface area (Å²) in [6.07, 6.45) is -1.90. The Hall–Kier alpha value is -3.79. The van der Waals surface area contributed by atoms with E-state index in [1.54, 1.807) is 13.8 Å². The quantitative estimate of drug-likeness (QED) is 0.0797. The normalized spacial score (nSPS) is 14.7. The molecule has 0 aromatic heterocycles. The highest BCUT2D eigenvalue weighted by Crippen LogP contribution is 2.05. The molecule has 228 valence electrons. The number of carbonyl (C=O) groups excluding carboxylic acids is 5. The van der Waals surface area contributed by atoms with E-state index in [1.165, 1.54) is 6.92 Å². The molecule has 0 spiro atoms. The number of amides is 5. The summed E-state index contributed by atoms with van der Waals surface area (Å²) in [5.41, 5.74) is 5.78. The van der Waals surface area contributed by atoms with Gasteiger partial charge in [-0.25, -0.2) is 4.79 Å². The third-order valence-corrected chi connectivity index (χ3v) is 5.52. The number of carbonyl (C=O) groups is 7. The second kappa shape index (κ2) is 17.7. The molecular formula is C24H42N6O10. The number of rotatable bonds is 18. The Labute approximate surface area is 232 Å². The minimum Gasteiger partial charge on any atom is -0.481 e. The maximum Gasteiger partial charge on any atom is 0.326 e. The lowest BCUT2D eigenvalue weighted by Crippen LogP contribution is -2.59. The molecule has 0 fully saturated rings. The molecule has 0 aliphatic rings. The zero-order chi connectivity index (χ0) is 31.2. The van der Waals surface area contributed by atoms with Crippen LogP contribution in [0, 0.1) is 11.8 Å². The largest absolute Gasteiger partial charge is 0.481 e. The van der Waals surface area contributed by atoms with Crippen molar-refractivity contribution < 1.29 is 48.9 Å². The number of hydrogen-bond acceptors (Lipinski definition) is 9. The number of aliphatic hydroxyl groups is 1. The van der Waals surface area contributed by atoms with E-state index in [9.17, 15) is 38.7 Å². The second-order valence-corrected chi connectivity index (χ2v) is 10.1. The summed E-state index contributed by atoms with van der Waals surface area (Å²) in [5.74, 6) is -6.97. The van der Waals surface area contributed by atoms with E-state index in [-0.39, 0.29) is 12.3 Å². The van der Waals surface area contributed by atoms with Gasteiger partial charge >= 0.3 is 11.9 Å². The Bertz CT molecular complexity index is 924. The van der Waals surface area contributed by atoms with Crippen LogP contribution in [0.25, 0.3) is 0 Å². The number of hydrogen-bond donors (Lipinski definition) is 9. The summed E-state index contributed by atoms with van der Waals surface area (Å²) >= 11 is 0. The van der Waals surface area contributed by atoms with Gasteiger partial charge in [-0.3, -0.25) is 28.8 Å². The van der Waals surface area contributed by atoms with Crippen LogP contribution in [-0.4, -0.2) is 100 Å². The van der Waals surface area contributed by atoms with Crippen molar-refractivity contribution in [1.82, 2.24) is 26.6 Å². The molecule has 0 heterocycles. The van der Waals surface area contributed by atoms with Crippen LogP contribution in [0.5, 0.6) is 0 Å². The van der Waals surface area contributed by atoms with E-state index in [4.69, 9.17) is 15.9 Å². The first kappa shape index (κ1) is 36.2. The van der Waals surface area contributed by atoms with Crippen molar-refractivity contribution in [2.75, 3.05) is 13.1 Å². The highest BCUT2D eigenvalue weighted by Gasteiger charge is 2.32. The van der Waals surface area contributed by atoms with Crippen molar-refractivity contribution in [3.8, 4) is 0 Å². The van der Waals surface area contributed by atoms with Crippen molar-refractivity contribution >= 4 is 41.5 Å². The van der Waals surface area contributed by atoms with Gasteiger partial charge in [-0.1, -0.05) is 27.7 Å². The molecule has 5 atom stereocenters. The van der Waals surface area contributed by atoms with Gasteiger partial charge in [0.2, 0.25) is 29.5 Å². The van der Waals surface area contributed by atoms with Crippen molar-refractivity contribution in [1.29, 1.82) is 0 Å². The van der Waals surface area contributed by atoms with E-state index >= 15 is 0 Å². The molecule has 16 heteroatoms. The Balaban J connectivity index is 5.09. The van der Waals surface area contributed by atoms with Gasteiger partial charge in [0.05, 0.1) is 25.2 Å². The van der Waals surface area contributed by atoms with E-state index in [0.717, 1.165) is 0 Å². The maximum absolute atomic E-state index is 12.9. The zero-order valence-corrected chi connectivity index (χ0v) is 23.4. The standard InChI is InChI=1S/C24H42N6O10/c1-11(2)8-14(25)21(36)26-10-17(33)29-19(12(3)4)23(38)30-20(13(5)31)22(37)27-9-16(32)28-15(24(39)40)6-7-18(34)35/h11-15,19-20,31H,6-10,25H2,1-5H3,(H,26,36)(H,27,37)(H,28,32)(H,29,33)(H,30,38)(H,34,35)(H,39,40). The van der Waals surface area contributed by atoms with Crippen LogP contribution < -0.4 is 32.3 Å². The summed E-state index contributed by atoms with van der Waals surface area (Å²) < 4.78 is 0. The van der Waals surface area contributed by atoms with Gasteiger partial charge in [0.1, 0.15) is 18.1 Å². The third kappa shape index (κ3) is 14.4. The Kier molecular flexibility index (Phi) is 16.0. The third-order valence-electron chi connectivity index (χ3n) is 5.52. The Morgan fingerprint density at radius 3 is 1.70 bits per heavy atom. The molecule has 0 bridgehead atoms. The fourth-order valence-electron chi connectivity index (χ4n) is 3.37. The number of nitrogens with two attached hydrogens (primary N) is 1. The molecule has 0 saturated carbocycles. The highest BCUT2D eigenvalue weighted by atomic mass is 16.4. The summed E-state index contributed by atoms with van der Waals surface area (Å²) in [6.45, 7) is 7.05. The molecule has 0 radical (unpaired) electrons. The van der Waals surface area contributed by atoms with Crippen LogP contribution in [-0.2, 0) is 33.6 Å². The van der Waals surface area contributed by atoms with E-state index in [1.807, 2.05) is 13.8 Å². The van der Waals surface area contributed by atoms with Crippen LogP contribution in [0.15, 0.2) is 0 Å². The van der Waals surface area contributed by atoms with E-state index < -0.39 is 97.2 Å². The predicted molar refractivity (Wildman–Crippen MR) is 140 cm³/mol. The van der Waals surface area contributed by atoms with Crippen LogP contribution >= 0.6 is 0 Å². The minimum atomic E-state index is -1.55. The first-order valence-electron chi connectivity index (χ1n) is 12.8. The number of carboxylic acids is 2. The van der Waals surface area contributed by atoms with Crippen molar-refractivity contribution in [2.24, 2.45) is 17.6 Å². The number of nitrogens with one attached hydrogen (secondary N) is 5. The molecule has 0 aromatic carbocycles. The molecule has 0 aliphatic carbocycles. The minimum absolute atomic E-state index is 0.169. The molecule has 0 saturated heterocycles. The van der Waals surface area contributed by atoms with Gasteiger partial charge in [0.25, 0.3) is 0 Å². The van der Waals surface area contributed by atoms with Crippen molar-refractivity contribution in [2.45, 2.75) is 84.2 Å². The second-order valence-electron chi connectivity index (χ2n) is 10.1. The lowest BCUT2D eigenvalue weighted by molar-refractivity contribution is -0.143. The highest BCUT2D eigenvalue weighted by molar-refractivity contribution is 5.95. The molecule has 0 aliphatic heterocycles. The van der Waals surface area contributed by atoms with Gasteiger partial charge in [-0.15, -0.1) is 0 Å². The molecule has 5 amide bonds. The molecule has 0 aromatic rings. The summed E-state index contributed by atoms with van der Waals surface area (Å²) in [4.78, 5) is 83.8. The van der Waals surface area contributed by atoms with Crippen LogP contribution in [0.3, 0.4) is 0 Å². The van der Waals surface area contributed by atoms with Gasteiger partial charge in [0, 0.05) is 6.42 Å². The smallest absolute Gasteiger partial charge is 0.326 e. The average molecular weight is 575 g/mol. The predicted octanol–water partition coefficient (Wildman–Crippen LogP) is -2.97. The van der Waals surface area contributed by atoms with Gasteiger partial charge in [-0.05, 0) is 31.6 Å². The fourth-order valence-corrected chi connectivity index (χ4v) is 3.37. The molecule has 16 nitrogen and oxygen atoms in total. The molecular weight excluding hydrogens is 532 g/mol. The van der Waals surface area contributed by atoms with Crippen LogP contribution in [0.4, 0.5) is 0 Å². The lowest BCUT2D eigenvalue weighted by atomic mass is 10.0. The number of aliphatic carboxylic acids is 2. The first-order chi connectivity index (χ1) is 18.5. The first-order valence-corrected chi connectivity index (χ1v) is 12.8. The average Bonchev–Trinajstić information content (AvgIpc) is 2.83. The zero-order valence-electron chi connectivity index (χ0n) is 23.4. The molecule has 0 rings (SSSR count). The number of carboxylic acid groups (broad SMARTS) is 2. The lowest BCUT2D eigenvalue weighted by Gasteiger charge is -2.26. The Morgan fingerprint density at radius 2 is 1.25 bits per heavy atom. The molecule has 5 unspecified atom stereocenters. The van der Waals surface area contributed by atoms with Gasteiger partial charge in [0.15, 0.2) is 0 Å². The van der Waals surface area contributed by atoms with E-state index in [2.05, 4.69) is 26.6 Å². The van der Waals surface area contributed by atoms with Crippen molar-refractivity contribution in [3.05, 3.63) is 0 Å². The van der Waals surface area contributed by atoms with Crippen LogP contribution in [0.2, 0.25) is 0 Å². The number of aliphatic hydroxyl groups excluding tert-OH is 1. The Morgan fingerprint density at radius 1 is 0.725 bits per heavy atom. The topological polar surface area (TPSA) is 266 Å². The monoisotopic (exact) mass is 574 g/mol. The maximum atomic E-state index is 12.9. The molecule has 40 heavy (non-hydrogen) atoms. The van der Waals surface area contributed by atoms with Gasteiger partial charge < -0.3 is 47.6 Å².